The molecule has 1 aromatic carbocycles. The van der Waals surface area contributed by atoms with E-state index in [4.69, 9.17) is 5.73 Å². The van der Waals surface area contributed by atoms with Crippen LogP contribution in [0.25, 0.3) is 0 Å². The van der Waals surface area contributed by atoms with E-state index in [2.05, 4.69) is 34.4 Å². The van der Waals surface area contributed by atoms with Crippen molar-refractivity contribution in [1.82, 2.24) is 15.5 Å². The van der Waals surface area contributed by atoms with Gasteiger partial charge in [-0.2, -0.15) is 0 Å². The monoisotopic (exact) mass is 363 g/mol. The molecule has 0 atom stereocenters. The number of guanidine groups is 1. The van der Waals surface area contributed by atoms with Gasteiger partial charge in [-0.15, -0.1) is 0 Å². The van der Waals surface area contributed by atoms with Gasteiger partial charge in [0.1, 0.15) is 5.82 Å². The Morgan fingerprint density at radius 1 is 1.38 bits per heavy atom. The number of nitrogens with two attached hydrogens (primary N) is 1. The number of amides is 1. The lowest BCUT2D eigenvalue weighted by Crippen LogP contribution is -2.51. The van der Waals surface area contributed by atoms with Crippen LogP contribution in [-0.4, -0.2) is 56.0 Å². The summed E-state index contributed by atoms with van der Waals surface area (Å²) in [5, 5.41) is 6.78. The van der Waals surface area contributed by atoms with E-state index < -0.39 is 0 Å². The highest BCUT2D eigenvalue weighted by atomic mass is 19.1. The maximum Gasteiger partial charge on any atom is 0.231 e. The van der Waals surface area contributed by atoms with Crippen molar-refractivity contribution in [1.29, 1.82) is 0 Å². The molecule has 1 aliphatic rings. The van der Waals surface area contributed by atoms with Gasteiger partial charge >= 0.3 is 0 Å². The van der Waals surface area contributed by atoms with Gasteiger partial charge in [0.2, 0.25) is 5.91 Å². The zero-order valence-corrected chi connectivity index (χ0v) is 15.9. The van der Waals surface area contributed by atoms with Crippen molar-refractivity contribution < 1.29 is 9.18 Å². The van der Waals surface area contributed by atoms with Crippen molar-refractivity contribution >= 4 is 11.9 Å². The molecule has 0 spiro atoms. The van der Waals surface area contributed by atoms with E-state index in [9.17, 15) is 9.18 Å². The smallest absolute Gasteiger partial charge is 0.231 e. The lowest BCUT2D eigenvalue weighted by atomic mass is 9.84. The first-order chi connectivity index (χ1) is 12.3. The average Bonchev–Trinajstić information content (AvgIpc) is 2.59. The quantitative estimate of drug-likeness (QED) is 0.524. The Labute approximate surface area is 155 Å². The fourth-order valence-electron chi connectivity index (χ4n) is 3.16. The number of benzene rings is 1. The second-order valence-corrected chi connectivity index (χ2v) is 7.48. The predicted molar refractivity (Wildman–Crippen MR) is 103 cm³/mol. The molecule has 0 aliphatic carbocycles. The van der Waals surface area contributed by atoms with Crippen molar-refractivity contribution in [3.05, 3.63) is 35.6 Å². The summed E-state index contributed by atoms with van der Waals surface area (Å²) in [4.78, 5) is 17.4. The molecular formula is C19H30FN5O. The first-order valence-electron chi connectivity index (χ1n) is 9.04. The van der Waals surface area contributed by atoms with E-state index in [1.54, 1.807) is 19.2 Å². The first-order valence-corrected chi connectivity index (χ1v) is 9.04. The van der Waals surface area contributed by atoms with E-state index in [0.29, 0.717) is 19.1 Å². The van der Waals surface area contributed by atoms with Crippen LogP contribution in [0.1, 0.15) is 32.3 Å². The van der Waals surface area contributed by atoms with E-state index in [1.165, 1.54) is 6.07 Å². The Balaban J connectivity index is 1.84. The molecule has 1 heterocycles. The molecule has 144 valence electrons. The number of primary amides is 1. The molecular weight excluding hydrogens is 333 g/mol. The normalized spacial score (nSPS) is 17.2. The highest BCUT2D eigenvalue weighted by molar-refractivity contribution is 5.80. The number of likely N-dealkylation sites (tertiary alicyclic amines) is 1. The highest BCUT2D eigenvalue weighted by Gasteiger charge is 2.23. The summed E-state index contributed by atoms with van der Waals surface area (Å²) in [7, 11) is 1.74. The van der Waals surface area contributed by atoms with Crippen LogP contribution in [0.2, 0.25) is 0 Å². The van der Waals surface area contributed by atoms with Crippen LogP contribution in [0.5, 0.6) is 0 Å². The van der Waals surface area contributed by atoms with Crippen LogP contribution in [0, 0.1) is 5.82 Å². The molecule has 0 aromatic heterocycles. The lowest BCUT2D eigenvalue weighted by Gasteiger charge is -2.33. The van der Waals surface area contributed by atoms with Gasteiger partial charge < -0.3 is 16.4 Å². The molecule has 4 N–H and O–H groups in total. The van der Waals surface area contributed by atoms with Crippen LogP contribution >= 0.6 is 0 Å². The third-order valence-corrected chi connectivity index (χ3v) is 4.84. The number of hydrogen-bond acceptors (Lipinski definition) is 3. The number of halogens is 1. The summed E-state index contributed by atoms with van der Waals surface area (Å²) < 4.78 is 13.5. The Morgan fingerprint density at radius 3 is 2.65 bits per heavy atom. The molecule has 6 nitrogen and oxygen atoms in total. The fourth-order valence-corrected chi connectivity index (χ4v) is 3.16. The SMILES string of the molecule is CN=C(NCC(C)(C)c1cccc(F)c1)NC1CCN(CC(N)=O)CC1. The van der Waals surface area contributed by atoms with Crippen molar-refractivity contribution in [2.75, 3.05) is 33.2 Å². The molecule has 1 aromatic rings. The van der Waals surface area contributed by atoms with Crippen LogP contribution in [0.15, 0.2) is 29.3 Å². The summed E-state index contributed by atoms with van der Waals surface area (Å²) in [6.45, 7) is 6.78. The van der Waals surface area contributed by atoms with Crippen molar-refractivity contribution in [3.8, 4) is 0 Å². The summed E-state index contributed by atoms with van der Waals surface area (Å²) in [6, 6.07) is 7.02. The molecule has 0 unspecified atom stereocenters. The lowest BCUT2D eigenvalue weighted by molar-refractivity contribution is -0.119. The fraction of sp³-hybridized carbons (Fsp3) is 0.579. The van der Waals surface area contributed by atoms with Gasteiger partial charge in [0.15, 0.2) is 5.96 Å². The molecule has 0 saturated carbocycles. The number of carbonyl (C=O) groups excluding carboxylic acids is 1. The maximum atomic E-state index is 13.5. The summed E-state index contributed by atoms with van der Waals surface area (Å²) in [5.74, 6) is 0.233. The Morgan fingerprint density at radius 2 is 2.08 bits per heavy atom. The van der Waals surface area contributed by atoms with E-state index in [0.717, 1.165) is 37.5 Å². The average molecular weight is 363 g/mol. The number of nitrogens with zero attached hydrogens (tertiary/aromatic N) is 2. The first kappa shape index (κ1) is 20.2. The van der Waals surface area contributed by atoms with Crippen LogP contribution in [-0.2, 0) is 10.2 Å². The van der Waals surface area contributed by atoms with Crippen LogP contribution in [0.3, 0.4) is 0 Å². The second-order valence-electron chi connectivity index (χ2n) is 7.48. The summed E-state index contributed by atoms with van der Waals surface area (Å²) >= 11 is 0. The molecule has 2 rings (SSSR count). The van der Waals surface area contributed by atoms with Crippen molar-refractivity contribution in [2.45, 2.75) is 38.1 Å². The zero-order valence-electron chi connectivity index (χ0n) is 15.9. The molecule has 26 heavy (non-hydrogen) atoms. The Bertz CT molecular complexity index is 639. The third-order valence-electron chi connectivity index (χ3n) is 4.84. The predicted octanol–water partition coefficient (Wildman–Crippen LogP) is 1.22. The minimum Gasteiger partial charge on any atom is -0.369 e. The van der Waals surface area contributed by atoms with E-state index >= 15 is 0 Å². The van der Waals surface area contributed by atoms with Gasteiger partial charge in [-0.3, -0.25) is 14.7 Å². The number of aliphatic imine (C=N–C) groups is 1. The molecule has 1 aliphatic heterocycles. The maximum absolute atomic E-state index is 13.5. The minimum absolute atomic E-state index is 0.221. The molecule has 0 radical (unpaired) electrons. The number of hydrogen-bond donors (Lipinski definition) is 3. The zero-order chi connectivity index (χ0) is 19.2. The van der Waals surface area contributed by atoms with Crippen LogP contribution in [0.4, 0.5) is 4.39 Å². The molecule has 1 amide bonds. The molecule has 1 saturated heterocycles. The Kier molecular flexibility index (Phi) is 6.97. The van der Waals surface area contributed by atoms with E-state index in [1.807, 2.05) is 6.07 Å². The van der Waals surface area contributed by atoms with Gasteiger partial charge in [-0.1, -0.05) is 26.0 Å². The summed E-state index contributed by atoms with van der Waals surface area (Å²) in [6.07, 6.45) is 1.86. The van der Waals surface area contributed by atoms with Gasteiger partial charge in [-0.05, 0) is 30.5 Å². The van der Waals surface area contributed by atoms with Gasteiger partial charge in [0.25, 0.3) is 0 Å². The van der Waals surface area contributed by atoms with E-state index in [-0.39, 0.29) is 17.1 Å². The van der Waals surface area contributed by atoms with Gasteiger partial charge in [0, 0.05) is 38.1 Å². The standard InChI is InChI=1S/C19H30FN5O/c1-19(2,14-5-4-6-15(20)11-14)13-23-18(22-3)24-16-7-9-25(10-8-16)12-17(21)26/h4-6,11,16H,7-10,12-13H2,1-3H3,(H2,21,26)(H2,22,23,24). The van der Waals surface area contributed by atoms with Gasteiger partial charge in [0.05, 0.1) is 6.54 Å². The number of piperidine rings is 1. The highest BCUT2D eigenvalue weighted by Crippen LogP contribution is 2.22. The number of nitrogens with one attached hydrogen (secondary N) is 2. The van der Waals surface area contributed by atoms with Gasteiger partial charge in [-0.25, -0.2) is 4.39 Å². The topological polar surface area (TPSA) is 82.8 Å². The number of rotatable bonds is 6. The van der Waals surface area contributed by atoms with Crippen molar-refractivity contribution in [3.63, 3.8) is 0 Å². The Hall–Kier alpha value is -2.15. The van der Waals surface area contributed by atoms with Crippen LogP contribution < -0.4 is 16.4 Å². The molecule has 7 heteroatoms. The molecule has 0 bridgehead atoms. The number of carbonyl (C=O) groups is 1. The molecule has 1 fully saturated rings. The summed E-state index contributed by atoms with van der Waals surface area (Å²) in [5.41, 5.74) is 5.96. The second kappa shape index (κ2) is 8.98. The largest absolute Gasteiger partial charge is 0.369 e. The van der Waals surface area contributed by atoms with Crippen molar-refractivity contribution in [2.24, 2.45) is 10.7 Å². The third kappa shape index (κ3) is 5.98. The minimum atomic E-state index is -0.284.